The van der Waals surface area contributed by atoms with Crippen LogP contribution in [0.1, 0.15) is 37.9 Å². The van der Waals surface area contributed by atoms with Gasteiger partial charge in [-0.1, -0.05) is 78.4 Å². The summed E-state index contributed by atoms with van der Waals surface area (Å²) in [6.07, 6.45) is -1.21. The van der Waals surface area contributed by atoms with Crippen molar-refractivity contribution < 1.29 is 19.1 Å². The van der Waals surface area contributed by atoms with Crippen molar-refractivity contribution in [3.63, 3.8) is 0 Å². The van der Waals surface area contributed by atoms with E-state index in [9.17, 15) is 14.4 Å². The first kappa shape index (κ1) is 24.4. The number of benzene rings is 4. The van der Waals surface area contributed by atoms with Crippen molar-refractivity contribution in [1.82, 2.24) is 0 Å². The van der Waals surface area contributed by atoms with Gasteiger partial charge < -0.3 is 15.0 Å². The number of nitrogens with one attached hydrogen (secondary N) is 1. The van der Waals surface area contributed by atoms with Crippen molar-refractivity contribution >= 4 is 29.2 Å². The van der Waals surface area contributed by atoms with Crippen molar-refractivity contribution in [2.45, 2.75) is 13.0 Å². The number of hydrogen-bond donors (Lipinski definition) is 1. The number of carbonyl (C=O) groups is 3. The smallest absolute Gasteiger partial charge is 0.340 e. The van der Waals surface area contributed by atoms with Gasteiger partial charge in [-0.25, -0.2) is 4.79 Å². The molecule has 0 aliphatic carbocycles. The summed E-state index contributed by atoms with van der Waals surface area (Å²) in [6.45, 7) is 1.95. The molecule has 0 fully saturated rings. The van der Waals surface area contributed by atoms with E-state index in [4.69, 9.17) is 4.74 Å². The predicted octanol–water partition coefficient (Wildman–Crippen LogP) is 5.81. The lowest BCUT2D eigenvalue weighted by Gasteiger charge is -2.21. The summed E-state index contributed by atoms with van der Waals surface area (Å²) in [5.41, 5.74) is 3.10. The minimum Gasteiger partial charge on any atom is -0.444 e. The Hall–Kier alpha value is -4.71. The monoisotopic (exact) mass is 478 g/mol. The molecule has 0 saturated carbocycles. The highest BCUT2D eigenvalue weighted by Gasteiger charge is 2.28. The summed E-state index contributed by atoms with van der Waals surface area (Å²) in [5, 5.41) is 2.81. The predicted molar refractivity (Wildman–Crippen MR) is 140 cm³/mol. The summed E-state index contributed by atoms with van der Waals surface area (Å²) in [7, 11) is 1.64. The summed E-state index contributed by atoms with van der Waals surface area (Å²) in [6, 6.07) is 31.7. The number of amides is 2. The molecule has 4 rings (SSSR count). The van der Waals surface area contributed by atoms with E-state index in [1.807, 2.05) is 43.3 Å². The molecule has 1 N–H and O–H groups in total. The van der Waals surface area contributed by atoms with Gasteiger partial charge in [-0.15, -0.1) is 0 Å². The molecule has 6 heteroatoms. The van der Waals surface area contributed by atoms with Gasteiger partial charge in [0, 0.05) is 24.0 Å². The molecule has 0 spiro atoms. The molecule has 0 aliphatic heterocycles. The molecule has 0 radical (unpaired) electrons. The van der Waals surface area contributed by atoms with Gasteiger partial charge in [0.1, 0.15) is 0 Å². The number of para-hydroxylation sites is 1. The van der Waals surface area contributed by atoms with E-state index in [1.165, 1.54) is 11.0 Å². The van der Waals surface area contributed by atoms with Crippen LogP contribution >= 0.6 is 0 Å². The third-order valence-corrected chi connectivity index (χ3v) is 5.71. The summed E-state index contributed by atoms with van der Waals surface area (Å²) >= 11 is 0. The van der Waals surface area contributed by atoms with Crippen LogP contribution in [0.25, 0.3) is 0 Å². The summed E-state index contributed by atoms with van der Waals surface area (Å²) in [5.74, 6) is -1.63. The van der Waals surface area contributed by atoms with Crippen LogP contribution in [0.15, 0.2) is 109 Å². The molecule has 4 aromatic carbocycles. The maximum absolute atomic E-state index is 13.3. The number of esters is 1. The zero-order valence-electron chi connectivity index (χ0n) is 20.0. The highest BCUT2D eigenvalue weighted by Crippen LogP contribution is 2.24. The van der Waals surface area contributed by atoms with Gasteiger partial charge in [0.05, 0.1) is 11.1 Å². The number of ether oxygens (including phenoxy) is 1. The Morgan fingerprint density at radius 1 is 0.722 bits per heavy atom. The molecule has 0 aliphatic rings. The largest absolute Gasteiger partial charge is 0.444 e. The van der Waals surface area contributed by atoms with Crippen molar-refractivity contribution in [2.24, 2.45) is 0 Å². The van der Waals surface area contributed by atoms with Crippen molar-refractivity contribution in [1.29, 1.82) is 0 Å². The Balaban J connectivity index is 1.61. The second kappa shape index (κ2) is 11.1. The van der Waals surface area contributed by atoms with E-state index in [1.54, 1.807) is 73.8 Å². The molecule has 6 nitrogen and oxygen atoms in total. The number of nitrogens with zero attached hydrogens (tertiary/aromatic N) is 1. The summed E-state index contributed by atoms with van der Waals surface area (Å²) < 4.78 is 5.73. The molecule has 180 valence electrons. The van der Waals surface area contributed by atoms with Crippen LogP contribution in [0, 0.1) is 6.92 Å². The minimum atomic E-state index is -1.21. The van der Waals surface area contributed by atoms with Crippen LogP contribution in [0.4, 0.5) is 11.4 Å². The van der Waals surface area contributed by atoms with Gasteiger partial charge in [0.25, 0.3) is 11.8 Å². The van der Waals surface area contributed by atoms with Gasteiger partial charge in [-0.3, -0.25) is 9.59 Å². The maximum atomic E-state index is 13.3. The number of carbonyl (C=O) groups excluding carboxylic acids is 3. The van der Waals surface area contributed by atoms with Crippen molar-refractivity contribution in [2.75, 3.05) is 17.3 Å². The standard InChI is InChI=1S/C30H26N2O4/c1-21-17-19-23(20-18-21)31-28(33)27(22-11-5-3-6-12-22)36-30(35)26-16-10-9-15-25(26)29(34)32(2)24-13-7-4-8-14-24/h3-20,27H,1-2H3,(H,31,33). The van der Waals surface area contributed by atoms with E-state index >= 15 is 0 Å². The molecule has 2 amide bonds. The second-order valence-corrected chi connectivity index (χ2v) is 8.30. The molecule has 1 atom stereocenters. The lowest BCUT2D eigenvalue weighted by Crippen LogP contribution is -2.29. The highest BCUT2D eigenvalue weighted by atomic mass is 16.5. The highest BCUT2D eigenvalue weighted by molar-refractivity contribution is 6.12. The van der Waals surface area contributed by atoms with Crippen molar-refractivity contribution in [3.05, 3.63) is 131 Å². The average molecular weight is 479 g/mol. The molecule has 0 saturated heterocycles. The Morgan fingerprint density at radius 3 is 1.92 bits per heavy atom. The molecule has 36 heavy (non-hydrogen) atoms. The third kappa shape index (κ3) is 5.67. The Morgan fingerprint density at radius 2 is 1.28 bits per heavy atom. The Bertz CT molecular complexity index is 1350. The molecular weight excluding hydrogens is 452 g/mol. The van der Waals surface area contributed by atoms with Gasteiger partial charge in [-0.05, 0) is 43.3 Å². The van der Waals surface area contributed by atoms with Crippen LogP contribution in [-0.2, 0) is 9.53 Å². The van der Waals surface area contributed by atoms with Gasteiger partial charge >= 0.3 is 5.97 Å². The molecular formula is C30H26N2O4. The van der Waals surface area contributed by atoms with Crippen molar-refractivity contribution in [3.8, 4) is 0 Å². The van der Waals surface area contributed by atoms with E-state index in [0.29, 0.717) is 16.9 Å². The maximum Gasteiger partial charge on any atom is 0.340 e. The van der Waals surface area contributed by atoms with E-state index in [-0.39, 0.29) is 17.0 Å². The second-order valence-electron chi connectivity index (χ2n) is 8.30. The fourth-order valence-electron chi connectivity index (χ4n) is 3.71. The Kier molecular flexibility index (Phi) is 7.56. The molecule has 0 heterocycles. The Labute approximate surface area is 210 Å². The molecule has 0 bridgehead atoms. The normalized spacial score (nSPS) is 11.3. The minimum absolute atomic E-state index is 0.0781. The molecule has 4 aromatic rings. The summed E-state index contributed by atoms with van der Waals surface area (Å²) in [4.78, 5) is 41.3. The van der Waals surface area contributed by atoms with E-state index in [2.05, 4.69) is 5.32 Å². The molecule has 0 aromatic heterocycles. The number of aryl methyl sites for hydroxylation is 1. The SMILES string of the molecule is Cc1ccc(NC(=O)C(OC(=O)c2ccccc2C(=O)N(C)c2ccccc2)c2ccccc2)cc1. The first-order valence-electron chi connectivity index (χ1n) is 11.5. The average Bonchev–Trinajstić information content (AvgIpc) is 2.93. The fourth-order valence-corrected chi connectivity index (χ4v) is 3.71. The van der Waals surface area contributed by atoms with Gasteiger partial charge in [0.2, 0.25) is 6.10 Å². The van der Waals surface area contributed by atoms with Crippen LogP contribution in [0.3, 0.4) is 0 Å². The fraction of sp³-hybridized carbons (Fsp3) is 0.100. The van der Waals surface area contributed by atoms with Crippen LogP contribution in [0.2, 0.25) is 0 Å². The van der Waals surface area contributed by atoms with E-state index < -0.39 is 18.0 Å². The zero-order valence-corrected chi connectivity index (χ0v) is 20.0. The number of anilines is 2. The number of rotatable bonds is 7. The number of hydrogen-bond acceptors (Lipinski definition) is 4. The topological polar surface area (TPSA) is 75.7 Å². The van der Waals surface area contributed by atoms with Crippen LogP contribution in [-0.4, -0.2) is 24.8 Å². The third-order valence-electron chi connectivity index (χ3n) is 5.71. The lowest BCUT2D eigenvalue weighted by atomic mass is 10.1. The van der Waals surface area contributed by atoms with Gasteiger partial charge in [0.15, 0.2) is 0 Å². The van der Waals surface area contributed by atoms with Crippen LogP contribution in [0.5, 0.6) is 0 Å². The first-order chi connectivity index (χ1) is 17.4. The van der Waals surface area contributed by atoms with Crippen LogP contribution < -0.4 is 10.2 Å². The molecule has 1 unspecified atom stereocenters. The van der Waals surface area contributed by atoms with E-state index in [0.717, 1.165) is 5.56 Å². The quantitative estimate of drug-likeness (QED) is 0.340. The first-order valence-corrected chi connectivity index (χ1v) is 11.5. The lowest BCUT2D eigenvalue weighted by molar-refractivity contribution is -0.125. The van der Waals surface area contributed by atoms with Gasteiger partial charge in [-0.2, -0.15) is 0 Å². The zero-order chi connectivity index (χ0) is 25.5.